The summed E-state index contributed by atoms with van der Waals surface area (Å²) < 4.78 is 0. The summed E-state index contributed by atoms with van der Waals surface area (Å²) in [6.07, 6.45) is 10.1. The lowest BCUT2D eigenvalue weighted by Crippen LogP contribution is -2.44. The highest BCUT2D eigenvalue weighted by Crippen LogP contribution is 2.45. The van der Waals surface area contributed by atoms with Gasteiger partial charge in [-0.1, -0.05) is 49.1 Å². The van der Waals surface area contributed by atoms with Gasteiger partial charge in [-0.15, -0.1) is 0 Å². The summed E-state index contributed by atoms with van der Waals surface area (Å²) in [4.78, 5) is 2.63. The molecule has 1 saturated heterocycles. The van der Waals surface area contributed by atoms with Crippen molar-refractivity contribution in [3.8, 4) is 0 Å². The van der Waals surface area contributed by atoms with E-state index >= 15 is 0 Å². The van der Waals surface area contributed by atoms with Crippen LogP contribution in [0.5, 0.6) is 0 Å². The minimum atomic E-state index is 0.409. The van der Waals surface area contributed by atoms with Crippen molar-refractivity contribution in [3.63, 3.8) is 0 Å². The zero-order valence-corrected chi connectivity index (χ0v) is 13.5. The average molecular weight is 286 g/mol. The lowest BCUT2D eigenvalue weighted by molar-refractivity contribution is 0.0464. The summed E-state index contributed by atoms with van der Waals surface area (Å²) in [5, 5.41) is 0. The molecular weight excluding hydrogens is 256 g/mol. The molecule has 1 atom stereocenters. The molecule has 2 fully saturated rings. The van der Waals surface area contributed by atoms with E-state index in [0.29, 0.717) is 11.5 Å². The van der Waals surface area contributed by atoms with Gasteiger partial charge in [0.1, 0.15) is 0 Å². The first-order chi connectivity index (χ1) is 10.2. The predicted molar refractivity (Wildman–Crippen MR) is 89.3 cm³/mol. The Labute approximate surface area is 129 Å². The van der Waals surface area contributed by atoms with Crippen molar-refractivity contribution in [1.82, 2.24) is 4.90 Å². The van der Waals surface area contributed by atoms with Crippen LogP contribution in [0.1, 0.15) is 62.1 Å². The van der Waals surface area contributed by atoms with Crippen LogP contribution in [0, 0.1) is 12.3 Å². The number of aryl methyl sites for hydroxylation is 1. The summed E-state index contributed by atoms with van der Waals surface area (Å²) in [6, 6.07) is 9.36. The number of hydrogen-bond donors (Lipinski definition) is 1. The predicted octanol–water partition coefficient (Wildman–Crippen LogP) is 4.04. The molecule has 2 heteroatoms. The molecular formula is C19H30N2. The molecule has 2 N–H and O–H groups in total. The van der Waals surface area contributed by atoms with Crippen molar-refractivity contribution in [2.24, 2.45) is 11.1 Å². The number of benzene rings is 1. The molecule has 0 bridgehead atoms. The van der Waals surface area contributed by atoms with Crippen LogP contribution >= 0.6 is 0 Å². The maximum absolute atomic E-state index is 6.10. The van der Waals surface area contributed by atoms with Crippen molar-refractivity contribution >= 4 is 0 Å². The first-order valence-corrected chi connectivity index (χ1v) is 8.73. The quantitative estimate of drug-likeness (QED) is 0.908. The highest BCUT2D eigenvalue weighted by atomic mass is 15.2. The molecule has 1 spiro atoms. The number of rotatable bonds is 3. The molecule has 1 aliphatic carbocycles. The fourth-order valence-corrected chi connectivity index (χ4v) is 4.40. The Morgan fingerprint density at radius 2 is 1.62 bits per heavy atom. The van der Waals surface area contributed by atoms with Crippen LogP contribution < -0.4 is 5.73 Å². The van der Waals surface area contributed by atoms with Crippen LogP contribution in [-0.4, -0.2) is 24.5 Å². The van der Waals surface area contributed by atoms with E-state index in [1.54, 1.807) is 0 Å². The number of likely N-dealkylation sites (tertiary alicyclic amines) is 1. The highest BCUT2D eigenvalue weighted by molar-refractivity contribution is 5.24. The molecule has 116 valence electrons. The molecule has 2 nitrogen and oxygen atoms in total. The third kappa shape index (κ3) is 3.32. The Balaban J connectivity index is 1.65. The summed E-state index contributed by atoms with van der Waals surface area (Å²) in [5.74, 6) is 0. The van der Waals surface area contributed by atoms with Gasteiger partial charge in [0.25, 0.3) is 0 Å². The number of nitrogens with two attached hydrogens (primary N) is 1. The van der Waals surface area contributed by atoms with Crippen molar-refractivity contribution in [1.29, 1.82) is 0 Å². The van der Waals surface area contributed by atoms with E-state index in [1.165, 1.54) is 69.2 Å². The van der Waals surface area contributed by atoms with Gasteiger partial charge >= 0.3 is 0 Å². The summed E-state index contributed by atoms with van der Waals surface area (Å²) in [7, 11) is 0. The lowest BCUT2D eigenvalue weighted by atomic mass is 9.68. The summed E-state index contributed by atoms with van der Waals surface area (Å²) in [6.45, 7) is 5.34. The Morgan fingerprint density at radius 3 is 2.19 bits per heavy atom. The lowest BCUT2D eigenvalue weighted by Gasteiger charge is -2.46. The number of hydrogen-bond acceptors (Lipinski definition) is 2. The molecule has 1 heterocycles. The summed E-state index contributed by atoms with van der Waals surface area (Å²) in [5.41, 5.74) is 9.50. The van der Waals surface area contributed by atoms with Gasteiger partial charge in [0, 0.05) is 12.6 Å². The molecule has 1 aliphatic heterocycles. The minimum absolute atomic E-state index is 0.409. The molecule has 1 saturated carbocycles. The van der Waals surface area contributed by atoms with E-state index in [4.69, 9.17) is 5.73 Å². The van der Waals surface area contributed by atoms with E-state index in [0.717, 1.165) is 6.54 Å². The zero-order chi connectivity index (χ0) is 14.7. The van der Waals surface area contributed by atoms with Gasteiger partial charge in [0.2, 0.25) is 0 Å². The van der Waals surface area contributed by atoms with Crippen molar-refractivity contribution < 1.29 is 0 Å². The van der Waals surface area contributed by atoms with E-state index < -0.39 is 0 Å². The van der Waals surface area contributed by atoms with Crippen LogP contribution in [0.25, 0.3) is 0 Å². The zero-order valence-electron chi connectivity index (χ0n) is 13.5. The molecule has 0 aromatic heterocycles. The van der Waals surface area contributed by atoms with Gasteiger partial charge in [0.15, 0.2) is 0 Å². The maximum atomic E-state index is 6.10. The van der Waals surface area contributed by atoms with E-state index in [2.05, 4.69) is 36.1 Å². The van der Waals surface area contributed by atoms with Crippen molar-refractivity contribution in [2.45, 2.75) is 57.9 Å². The molecule has 21 heavy (non-hydrogen) atoms. The molecule has 1 aromatic carbocycles. The topological polar surface area (TPSA) is 29.3 Å². The fraction of sp³-hybridized carbons (Fsp3) is 0.684. The largest absolute Gasteiger partial charge is 0.329 e. The molecule has 3 rings (SSSR count). The number of piperidine rings is 1. The average Bonchev–Trinajstić information content (AvgIpc) is 2.53. The maximum Gasteiger partial charge on any atom is 0.0470 e. The monoisotopic (exact) mass is 286 g/mol. The Morgan fingerprint density at radius 1 is 1.00 bits per heavy atom. The van der Waals surface area contributed by atoms with Crippen LogP contribution in [-0.2, 0) is 0 Å². The third-order valence-electron chi connectivity index (χ3n) is 5.90. The fourth-order valence-electron chi connectivity index (χ4n) is 4.40. The minimum Gasteiger partial charge on any atom is -0.329 e. The van der Waals surface area contributed by atoms with Crippen LogP contribution in [0.2, 0.25) is 0 Å². The van der Waals surface area contributed by atoms with E-state index in [1.807, 2.05) is 0 Å². The standard InChI is InChI=1S/C19H30N2/c1-16-5-7-17(8-6-16)18(15-20)21-13-11-19(12-14-21)9-3-2-4-10-19/h5-8,18H,2-4,9-15,20H2,1H3. The smallest absolute Gasteiger partial charge is 0.0470 e. The van der Waals surface area contributed by atoms with Crippen molar-refractivity contribution in [2.75, 3.05) is 19.6 Å². The molecule has 0 radical (unpaired) electrons. The second kappa shape index (κ2) is 6.50. The van der Waals surface area contributed by atoms with Crippen molar-refractivity contribution in [3.05, 3.63) is 35.4 Å². The summed E-state index contributed by atoms with van der Waals surface area (Å²) >= 11 is 0. The van der Waals surface area contributed by atoms with E-state index in [9.17, 15) is 0 Å². The third-order valence-corrected chi connectivity index (χ3v) is 5.90. The van der Waals surface area contributed by atoms with Crippen LogP contribution in [0.4, 0.5) is 0 Å². The van der Waals surface area contributed by atoms with Gasteiger partial charge in [-0.25, -0.2) is 0 Å². The van der Waals surface area contributed by atoms with Gasteiger partial charge in [-0.2, -0.15) is 0 Å². The Hall–Kier alpha value is -0.860. The molecule has 2 aliphatic rings. The van der Waals surface area contributed by atoms with Gasteiger partial charge in [0.05, 0.1) is 0 Å². The first kappa shape index (κ1) is 15.1. The second-order valence-electron chi connectivity index (χ2n) is 7.26. The van der Waals surface area contributed by atoms with Crippen LogP contribution in [0.15, 0.2) is 24.3 Å². The molecule has 1 unspecified atom stereocenters. The second-order valence-corrected chi connectivity index (χ2v) is 7.26. The Bertz CT molecular complexity index is 435. The normalized spacial score (nSPS) is 24.1. The first-order valence-electron chi connectivity index (χ1n) is 8.73. The van der Waals surface area contributed by atoms with Gasteiger partial charge in [-0.05, 0) is 56.7 Å². The number of nitrogens with zero attached hydrogens (tertiary/aromatic N) is 1. The van der Waals surface area contributed by atoms with Crippen LogP contribution in [0.3, 0.4) is 0 Å². The molecule has 1 aromatic rings. The molecule has 0 amide bonds. The van der Waals surface area contributed by atoms with E-state index in [-0.39, 0.29) is 0 Å². The Kier molecular flexibility index (Phi) is 4.66. The highest BCUT2D eigenvalue weighted by Gasteiger charge is 2.37. The van der Waals surface area contributed by atoms with Gasteiger partial charge < -0.3 is 5.73 Å². The SMILES string of the molecule is Cc1ccc(C(CN)N2CCC3(CCCCC3)CC2)cc1. The van der Waals surface area contributed by atoms with Gasteiger partial charge in [-0.3, -0.25) is 4.90 Å².